The quantitative estimate of drug-likeness (QED) is 0.536. The number of benzene rings is 1. The number of nitrogens with zero attached hydrogens (tertiary/aromatic N) is 1. The summed E-state index contributed by atoms with van der Waals surface area (Å²) < 4.78 is 0. The van der Waals surface area contributed by atoms with Gasteiger partial charge < -0.3 is 4.90 Å². The fraction of sp³-hybridized carbons (Fsp3) is 0.409. The molecule has 2 heteroatoms. The molecule has 1 aliphatic rings. The van der Waals surface area contributed by atoms with Gasteiger partial charge in [-0.15, -0.1) is 0 Å². The molecule has 0 amide bonds. The highest BCUT2D eigenvalue weighted by Crippen LogP contribution is 2.35. The normalized spacial score (nSPS) is 17.7. The highest BCUT2D eigenvalue weighted by Gasteiger charge is 2.31. The zero-order valence-electron chi connectivity index (χ0n) is 15.3. The van der Waals surface area contributed by atoms with Crippen LogP contribution in [0.5, 0.6) is 0 Å². The van der Waals surface area contributed by atoms with Crippen molar-refractivity contribution in [3.05, 3.63) is 65.9 Å². The van der Waals surface area contributed by atoms with Gasteiger partial charge in [-0.1, -0.05) is 76.3 Å². The van der Waals surface area contributed by atoms with Gasteiger partial charge >= 0.3 is 0 Å². The lowest BCUT2D eigenvalue weighted by Gasteiger charge is -2.37. The summed E-state index contributed by atoms with van der Waals surface area (Å²) in [5, 5.41) is 0. The average Bonchev–Trinajstić information content (AvgIpc) is 2.53. The Hall–Kier alpha value is -2.09. The number of carbonyl (C=O) groups is 1. The summed E-state index contributed by atoms with van der Waals surface area (Å²) >= 11 is 0. The van der Waals surface area contributed by atoms with Crippen molar-refractivity contribution in [1.29, 1.82) is 0 Å². The highest BCUT2D eigenvalue weighted by atomic mass is 16.1. The van der Waals surface area contributed by atoms with Crippen LogP contribution in [0.2, 0.25) is 0 Å². The highest BCUT2D eigenvalue weighted by molar-refractivity contribution is 6.05. The van der Waals surface area contributed by atoms with E-state index in [0.717, 1.165) is 30.6 Å². The van der Waals surface area contributed by atoms with Gasteiger partial charge in [0.05, 0.1) is 0 Å². The van der Waals surface area contributed by atoms with E-state index in [9.17, 15) is 4.79 Å². The molecule has 128 valence electrons. The van der Waals surface area contributed by atoms with Crippen molar-refractivity contribution in [2.24, 2.45) is 11.3 Å². The molecule has 0 aliphatic carbocycles. The van der Waals surface area contributed by atoms with Crippen LogP contribution in [0.25, 0.3) is 6.08 Å². The maximum absolute atomic E-state index is 12.6. The van der Waals surface area contributed by atoms with Crippen LogP contribution in [0.1, 0.15) is 39.7 Å². The fourth-order valence-corrected chi connectivity index (χ4v) is 2.95. The van der Waals surface area contributed by atoms with Crippen molar-refractivity contribution in [2.45, 2.75) is 34.1 Å². The van der Waals surface area contributed by atoms with E-state index < -0.39 is 0 Å². The first kappa shape index (κ1) is 18.3. The van der Waals surface area contributed by atoms with Gasteiger partial charge in [-0.25, -0.2) is 0 Å². The smallest absolute Gasteiger partial charge is 0.183 e. The fourth-order valence-electron chi connectivity index (χ4n) is 2.95. The van der Waals surface area contributed by atoms with Crippen LogP contribution >= 0.6 is 0 Å². The van der Waals surface area contributed by atoms with Crippen molar-refractivity contribution in [3.63, 3.8) is 0 Å². The van der Waals surface area contributed by atoms with E-state index in [0.29, 0.717) is 5.92 Å². The summed E-state index contributed by atoms with van der Waals surface area (Å²) in [5.41, 5.74) is 1.99. The number of rotatable bonds is 6. The standard InChI is InChI=1S/C22H29NO/c1-18(2)16-23-15-14-22(3,4)20(17-23)21(24)13-9-8-12-19-10-6-5-7-11-19/h5-13,17-18H,14-16H2,1-4H3. The van der Waals surface area contributed by atoms with E-state index in [2.05, 4.69) is 38.8 Å². The first-order valence-corrected chi connectivity index (χ1v) is 8.79. The van der Waals surface area contributed by atoms with E-state index in [-0.39, 0.29) is 11.2 Å². The van der Waals surface area contributed by atoms with Crippen molar-refractivity contribution in [2.75, 3.05) is 13.1 Å². The third-order valence-electron chi connectivity index (χ3n) is 4.38. The number of allylic oxidation sites excluding steroid dienone is 4. The second-order valence-electron chi connectivity index (χ2n) is 7.56. The van der Waals surface area contributed by atoms with Gasteiger partial charge in [0.15, 0.2) is 5.78 Å². The average molecular weight is 323 g/mol. The predicted octanol–water partition coefficient (Wildman–Crippen LogP) is 5.10. The second kappa shape index (κ2) is 8.14. The molecule has 1 aromatic carbocycles. The third-order valence-corrected chi connectivity index (χ3v) is 4.38. The Balaban J connectivity index is 2.06. The SMILES string of the molecule is CC(C)CN1C=C(C(=O)C=CC=Cc2ccccc2)C(C)(C)CC1. The molecular formula is C22H29NO. The monoisotopic (exact) mass is 323 g/mol. The molecule has 0 atom stereocenters. The number of carbonyl (C=O) groups excluding carboxylic acids is 1. The summed E-state index contributed by atoms with van der Waals surface area (Å²) in [6.07, 6.45) is 10.6. The Morgan fingerprint density at radius 3 is 2.58 bits per heavy atom. The summed E-state index contributed by atoms with van der Waals surface area (Å²) in [4.78, 5) is 14.9. The van der Waals surface area contributed by atoms with E-state index in [1.54, 1.807) is 6.08 Å². The Morgan fingerprint density at radius 2 is 1.92 bits per heavy atom. The molecular weight excluding hydrogens is 294 g/mol. The molecule has 0 radical (unpaired) electrons. The molecule has 0 saturated carbocycles. The number of hydrogen-bond donors (Lipinski definition) is 0. The topological polar surface area (TPSA) is 20.3 Å². The van der Waals surface area contributed by atoms with Crippen molar-refractivity contribution in [1.82, 2.24) is 4.90 Å². The Labute approximate surface area is 146 Å². The van der Waals surface area contributed by atoms with Gasteiger partial charge in [-0.2, -0.15) is 0 Å². The summed E-state index contributed by atoms with van der Waals surface area (Å²) in [5.74, 6) is 0.717. The lowest BCUT2D eigenvalue weighted by atomic mass is 9.77. The van der Waals surface area contributed by atoms with Crippen LogP contribution in [0.3, 0.4) is 0 Å². The zero-order valence-corrected chi connectivity index (χ0v) is 15.3. The van der Waals surface area contributed by atoms with Crippen LogP contribution in [0.4, 0.5) is 0 Å². The third kappa shape index (κ3) is 5.23. The summed E-state index contributed by atoms with van der Waals surface area (Å²) in [6.45, 7) is 10.8. The minimum atomic E-state index is -0.0575. The van der Waals surface area contributed by atoms with Gasteiger partial charge in [-0.05, 0) is 29.4 Å². The lowest BCUT2D eigenvalue weighted by molar-refractivity contribution is -0.112. The lowest BCUT2D eigenvalue weighted by Crippen LogP contribution is -2.36. The molecule has 0 bridgehead atoms. The van der Waals surface area contributed by atoms with Crippen molar-refractivity contribution >= 4 is 11.9 Å². The van der Waals surface area contributed by atoms with Gasteiger partial charge in [0.1, 0.15) is 0 Å². The number of hydrogen-bond acceptors (Lipinski definition) is 2. The molecule has 1 aromatic rings. The largest absolute Gasteiger partial charge is 0.377 e. The van der Waals surface area contributed by atoms with Gasteiger partial charge in [0, 0.05) is 24.9 Å². The molecule has 2 nitrogen and oxygen atoms in total. The van der Waals surface area contributed by atoms with Crippen molar-refractivity contribution in [3.8, 4) is 0 Å². The zero-order chi connectivity index (χ0) is 17.6. The van der Waals surface area contributed by atoms with Crippen molar-refractivity contribution < 1.29 is 4.79 Å². The molecule has 0 aromatic heterocycles. The van der Waals surface area contributed by atoms with E-state index >= 15 is 0 Å². The minimum Gasteiger partial charge on any atom is -0.377 e. The van der Waals surface area contributed by atoms with Crippen LogP contribution in [-0.4, -0.2) is 23.8 Å². The molecule has 0 unspecified atom stereocenters. The number of ketones is 1. The van der Waals surface area contributed by atoms with Gasteiger partial charge in [-0.3, -0.25) is 4.79 Å². The Morgan fingerprint density at radius 1 is 1.21 bits per heavy atom. The molecule has 1 heterocycles. The van der Waals surface area contributed by atoms with E-state index in [1.165, 1.54) is 0 Å². The molecule has 2 rings (SSSR count). The second-order valence-corrected chi connectivity index (χ2v) is 7.56. The van der Waals surface area contributed by atoms with Gasteiger partial charge in [0.2, 0.25) is 0 Å². The molecule has 0 fully saturated rings. The molecule has 0 N–H and O–H groups in total. The van der Waals surface area contributed by atoms with E-state index in [4.69, 9.17) is 0 Å². The summed E-state index contributed by atoms with van der Waals surface area (Å²) in [6, 6.07) is 10.1. The molecule has 24 heavy (non-hydrogen) atoms. The summed E-state index contributed by atoms with van der Waals surface area (Å²) in [7, 11) is 0. The Bertz CT molecular complexity index is 635. The van der Waals surface area contributed by atoms with Crippen LogP contribution in [0.15, 0.2) is 60.3 Å². The van der Waals surface area contributed by atoms with Crippen LogP contribution < -0.4 is 0 Å². The van der Waals surface area contributed by atoms with E-state index in [1.807, 2.05) is 48.6 Å². The molecule has 0 saturated heterocycles. The van der Waals surface area contributed by atoms with Crippen LogP contribution in [-0.2, 0) is 4.79 Å². The minimum absolute atomic E-state index is 0.0575. The first-order valence-electron chi connectivity index (χ1n) is 8.79. The van der Waals surface area contributed by atoms with Crippen LogP contribution in [0, 0.1) is 11.3 Å². The maximum atomic E-state index is 12.6. The predicted molar refractivity (Wildman–Crippen MR) is 103 cm³/mol. The maximum Gasteiger partial charge on any atom is 0.183 e. The molecule has 1 aliphatic heterocycles. The molecule has 0 spiro atoms. The first-order chi connectivity index (χ1) is 11.4. The Kier molecular flexibility index (Phi) is 6.19. The van der Waals surface area contributed by atoms with Gasteiger partial charge in [0.25, 0.3) is 0 Å².